The summed E-state index contributed by atoms with van der Waals surface area (Å²) in [5, 5.41) is 11.8. The smallest absolute Gasteiger partial charge is 0.156 e. The molecule has 1 aromatic carbocycles. The molecule has 154 valence electrons. The summed E-state index contributed by atoms with van der Waals surface area (Å²) in [6, 6.07) is 14.4. The van der Waals surface area contributed by atoms with Crippen LogP contribution >= 0.6 is 0 Å². The number of aliphatic hydroxyl groups is 1. The molecule has 3 heterocycles. The maximum atomic E-state index is 7.00. The monoisotopic (exact) mass is 402 g/mol. The van der Waals surface area contributed by atoms with Gasteiger partial charge in [0.25, 0.3) is 0 Å². The Morgan fingerprint density at radius 3 is 2.60 bits per heavy atom. The number of allylic oxidation sites excluding steroid dienone is 2. The van der Waals surface area contributed by atoms with E-state index in [-0.39, 0.29) is 0 Å². The summed E-state index contributed by atoms with van der Waals surface area (Å²) in [6.07, 6.45) is 6.92. The molecular weight excluding hydrogens is 376 g/mol. The molecule has 0 amide bonds. The highest BCUT2D eigenvalue weighted by Gasteiger charge is 2.23. The Kier molecular flexibility index (Phi) is 6.07. The van der Waals surface area contributed by atoms with E-state index in [4.69, 9.17) is 19.9 Å². The zero-order chi connectivity index (χ0) is 20.9. The number of benzene rings is 1. The van der Waals surface area contributed by atoms with Crippen molar-refractivity contribution in [1.29, 1.82) is 0 Å². The Morgan fingerprint density at radius 2 is 1.87 bits per heavy atom. The summed E-state index contributed by atoms with van der Waals surface area (Å²) >= 11 is 0. The number of anilines is 1. The van der Waals surface area contributed by atoms with Crippen LogP contribution in [-0.2, 0) is 11.2 Å². The minimum absolute atomic E-state index is 0.758. The van der Waals surface area contributed by atoms with Crippen molar-refractivity contribution >= 4 is 11.8 Å². The van der Waals surface area contributed by atoms with E-state index in [0.29, 0.717) is 0 Å². The Bertz CT molecular complexity index is 1050. The summed E-state index contributed by atoms with van der Waals surface area (Å²) in [6.45, 7) is 7.25. The van der Waals surface area contributed by atoms with E-state index in [0.717, 1.165) is 62.6 Å². The number of hydrogen-bond acceptors (Lipinski definition) is 5. The fraction of sp³-hybridized carbons (Fsp3) is 0.250. The third-order valence-corrected chi connectivity index (χ3v) is 5.33. The number of pyridine rings is 1. The molecule has 1 aliphatic carbocycles. The predicted molar refractivity (Wildman–Crippen MR) is 120 cm³/mol. The lowest BCUT2D eigenvalue weighted by molar-refractivity contribution is 0.122. The first-order valence-corrected chi connectivity index (χ1v) is 10.1. The first kappa shape index (κ1) is 20.1. The zero-order valence-corrected chi connectivity index (χ0v) is 17.2. The van der Waals surface area contributed by atoms with Gasteiger partial charge >= 0.3 is 0 Å². The molecule has 5 rings (SSSR count). The number of aromatic nitrogens is 3. The minimum Gasteiger partial charge on any atom is -0.400 e. The van der Waals surface area contributed by atoms with Crippen molar-refractivity contribution in [3.05, 3.63) is 78.1 Å². The van der Waals surface area contributed by atoms with E-state index in [9.17, 15) is 0 Å². The van der Waals surface area contributed by atoms with Gasteiger partial charge in [-0.3, -0.25) is 0 Å². The Morgan fingerprint density at radius 1 is 1.10 bits per heavy atom. The van der Waals surface area contributed by atoms with E-state index in [1.807, 2.05) is 41.2 Å². The quantitative estimate of drug-likeness (QED) is 0.724. The molecule has 0 bridgehead atoms. The molecule has 1 N–H and O–H groups in total. The van der Waals surface area contributed by atoms with Crippen LogP contribution in [0.25, 0.3) is 23.2 Å². The number of rotatable bonds is 4. The minimum atomic E-state index is 0.758. The second-order valence-corrected chi connectivity index (χ2v) is 7.07. The lowest BCUT2D eigenvalue weighted by atomic mass is 10.1. The SMILES string of the molecule is C=CC1=Cc2nc(-n3ccc(-c4ccccc4)n3)cc(N3CCOCC3)c2C1.CO. The number of nitrogens with zero attached hydrogens (tertiary/aromatic N) is 4. The van der Waals surface area contributed by atoms with Gasteiger partial charge in [0.1, 0.15) is 0 Å². The Labute approximate surface area is 176 Å². The Hall–Kier alpha value is -3.22. The molecule has 3 aromatic rings. The van der Waals surface area contributed by atoms with Crippen molar-refractivity contribution in [1.82, 2.24) is 14.8 Å². The second-order valence-electron chi connectivity index (χ2n) is 7.07. The summed E-state index contributed by atoms with van der Waals surface area (Å²) in [4.78, 5) is 7.30. The number of ether oxygens (including phenoxy) is 1. The standard InChI is InChI=1S/C23H22N4O.CH4O/c1-2-17-14-19-21(15-17)24-23(16-22(19)26-10-12-28-13-11-26)27-9-8-20(25-27)18-6-4-3-5-7-18;1-2/h2-9,15-16H,1,10-14H2;2H,1H3. The highest BCUT2D eigenvalue weighted by molar-refractivity contribution is 5.73. The van der Waals surface area contributed by atoms with Gasteiger partial charge < -0.3 is 14.7 Å². The molecule has 0 spiro atoms. The molecule has 30 heavy (non-hydrogen) atoms. The van der Waals surface area contributed by atoms with Gasteiger partial charge in [-0.2, -0.15) is 5.10 Å². The van der Waals surface area contributed by atoms with Crippen molar-refractivity contribution in [2.45, 2.75) is 6.42 Å². The lowest BCUT2D eigenvalue weighted by Gasteiger charge is -2.30. The van der Waals surface area contributed by atoms with E-state index in [1.54, 1.807) is 0 Å². The number of fused-ring (bicyclic) bond motifs is 1. The van der Waals surface area contributed by atoms with Crippen LogP contribution in [0.4, 0.5) is 5.69 Å². The average Bonchev–Trinajstić information content (AvgIpc) is 3.48. The Balaban J connectivity index is 0.00000106. The van der Waals surface area contributed by atoms with Gasteiger partial charge in [-0.15, -0.1) is 0 Å². The third-order valence-electron chi connectivity index (χ3n) is 5.33. The van der Waals surface area contributed by atoms with Crippen LogP contribution in [0.2, 0.25) is 0 Å². The predicted octanol–water partition coefficient (Wildman–Crippen LogP) is 3.50. The fourth-order valence-electron chi connectivity index (χ4n) is 3.84. The van der Waals surface area contributed by atoms with Gasteiger partial charge in [0, 0.05) is 55.7 Å². The first-order chi connectivity index (χ1) is 14.8. The molecule has 6 nitrogen and oxygen atoms in total. The lowest BCUT2D eigenvalue weighted by Crippen LogP contribution is -2.37. The largest absolute Gasteiger partial charge is 0.400 e. The van der Waals surface area contributed by atoms with Crippen LogP contribution in [0.3, 0.4) is 0 Å². The van der Waals surface area contributed by atoms with E-state index < -0.39 is 0 Å². The molecule has 0 atom stereocenters. The molecule has 1 saturated heterocycles. The molecule has 1 fully saturated rings. The number of hydrogen-bond donors (Lipinski definition) is 1. The third kappa shape index (κ3) is 3.92. The summed E-state index contributed by atoms with van der Waals surface area (Å²) in [7, 11) is 1.00. The van der Waals surface area contributed by atoms with Crippen LogP contribution in [0.5, 0.6) is 0 Å². The summed E-state index contributed by atoms with van der Waals surface area (Å²) < 4.78 is 7.41. The van der Waals surface area contributed by atoms with Gasteiger partial charge in [-0.25, -0.2) is 9.67 Å². The molecule has 1 aliphatic heterocycles. The number of morpholine rings is 1. The van der Waals surface area contributed by atoms with E-state index >= 15 is 0 Å². The first-order valence-electron chi connectivity index (χ1n) is 10.1. The topological polar surface area (TPSA) is 63.4 Å². The summed E-state index contributed by atoms with van der Waals surface area (Å²) in [5.41, 5.74) is 6.78. The van der Waals surface area contributed by atoms with Crippen LogP contribution in [0.1, 0.15) is 11.3 Å². The molecular formula is C24H26N4O2. The highest BCUT2D eigenvalue weighted by Crippen LogP contribution is 2.34. The van der Waals surface area contributed by atoms with Gasteiger partial charge in [0.15, 0.2) is 5.82 Å². The molecule has 2 aliphatic rings. The zero-order valence-electron chi connectivity index (χ0n) is 17.2. The highest BCUT2D eigenvalue weighted by atomic mass is 16.5. The maximum absolute atomic E-state index is 7.00. The van der Waals surface area contributed by atoms with Crippen molar-refractivity contribution < 1.29 is 9.84 Å². The van der Waals surface area contributed by atoms with Crippen molar-refractivity contribution in [2.75, 3.05) is 38.3 Å². The maximum Gasteiger partial charge on any atom is 0.156 e. The second kappa shape index (κ2) is 9.07. The summed E-state index contributed by atoms with van der Waals surface area (Å²) in [5.74, 6) is 0.837. The van der Waals surface area contributed by atoms with Gasteiger partial charge in [-0.05, 0) is 17.7 Å². The molecule has 0 unspecified atom stereocenters. The molecule has 0 radical (unpaired) electrons. The molecule has 6 heteroatoms. The van der Waals surface area contributed by atoms with E-state index in [1.165, 1.54) is 16.8 Å². The van der Waals surface area contributed by atoms with Gasteiger partial charge in [0.05, 0.1) is 24.6 Å². The van der Waals surface area contributed by atoms with Gasteiger partial charge in [-0.1, -0.05) is 43.0 Å². The van der Waals surface area contributed by atoms with Gasteiger partial charge in [0.2, 0.25) is 0 Å². The van der Waals surface area contributed by atoms with Crippen molar-refractivity contribution in [2.24, 2.45) is 0 Å². The van der Waals surface area contributed by atoms with Crippen LogP contribution in [0.15, 0.2) is 66.9 Å². The van der Waals surface area contributed by atoms with Crippen molar-refractivity contribution in [3.8, 4) is 17.1 Å². The van der Waals surface area contributed by atoms with Crippen LogP contribution in [0, 0.1) is 0 Å². The molecule has 0 saturated carbocycles. The van der Waals surface area contributed by atoms with E-state index in [2.05, 4.69) is 35.8 Å². The van der Waals surface area contributed by atoms with Crippen LogP contribution < -0.4 is 4.90 Å². The number of aliphatic hydroxyl groups excluding tert-OH is 1. The van der Waals surface area contributed by atoms with Crippen LogP contribution in [-0.4, -0.2) is 53.3 Å². The fourth-order valence-corrected chi connectivity index (χ4v) is 3.84. The van der Waals surface area contributed by atoms with Crippen molar-refractivity contribution in [3.63, 3.8) is 0 Å². The average molecular weight is 402 g/mol. The normalized spacial score (nSPS) is 15.1. The molecule has 2 aromatic heterocycles.